The molecule has 1 saturated carbocycles. The number of nitrogens with zero attached hydrogens (tertiary/aromatic N) is 1. The lowest BCUT2D eigenvalue weighted by atomic mass is 9.77. The number of hydrogen-bond acceptors (Lipinski definition) is 3. The van der Waals surface area contributed by atoms with Crippen molar-refractivity contribution in [1.82, 2.24) is 9.03 Å². The summed E-state index contributed by atoms with van der Waals surface area (Å²) < 4.78 is 29.5. The molecule has 1 aliphatic rings. The van der Waals surface area contributed by atoms with Crippen LogP contribution in [0.1, 0.15) is 59.3 Å². The van der Waals surface area contributed by atoms with Gasteiger partial charge in [0.15, 0.2) is 0 Å². The van der Waals surface area contributed by atoms with Crippen molar-refractivity contribution in [2.75, 3.05) is 19.6 Å². The molecule has 1 aliphatic carbocycles. The lowest BCUT2D eigenvalue weighted by molar-refractivity contribution is 0.114. The van der Waals surface area contributed by atoms with E-state index in [0.29, 0.717) is 25.6 Å². The third kappa shape index (κ3) is 4.16. The second-order valence-corrected chi connectivity index (χ2v) is 7.76. The highest BCUT2D eigenvalue weighted by molar-refractivity contribution is 7.87. The highest BCUT2D eigenvalue weighted by Crippen LogP contribution is 2.37. The summed E-state index contributed by atoms with van der Waals surface area (Å²) in [5.41, 5.74) is 5.62. The fraction of sp³-hybridized carbons (Fsp3) is 1.00. The number of nitrogens with one attached hydrogen (secondary N) is 1. The van der Waals surface area contributed by atoms with Crippen molar-refractivity contribution in [2.45, 2.75) is 64.8 Å². The zero-order valence-corrected chi connectivity index (χ0v) is 14.0. The summed E-state index contributed by atoms with van der Waals surface area (Å²) in [5, 5.41) is 0. The van der Waals surface area contributed by atoms with E-state index in [0.717, 1.165) is 38.5 Å². The van der Waals surface area contributed by atoms with Gasteiger partial charge in [-0.05, 0) is 44.4 Å². The van der Waals surface area contributed by atoms with Crippen LogP contribution in [0.2, 0.25) is 0 Å². The van der Waals surface area contributed by atoms with E-state index in [9.17, 15) is 8.42 Å². The van der Waals surface area contributed by atoms with Gasteiger partial charge in [-0.15, -0.1) is 0 Å². The Morgan fingerprint density at radius 2 is 1.85 bits per heavy atom. The Hall–Kier alpha value is -0.170. The van der Waals surface area contributed by atoms with Gasteiger partial charge in [0.25, 0.3) is 10.2 Å². The van der Waals surface area contributed by atoms with Gasteiger partial charge in [-0.3, -0.25) is 0 Å². The maximum absolute atomic E-state index is 12.6. The monoisotopic (exact) mass is 305 g/mol. The molecule has 0 heterocycles. The molecule has 20 heavy (non-hydrogen) atoms. The minimum Gasteiger partial charge on any atom is -0.329 e. The summed E-state index contributed by atoms with van der Waals surface area (Å²) in [5.74, 6) is 0.671. The van der Waals surface area contributed by atoms with Crippen molar-refractivity contribution in [3.63, 3.8) is 0 Å². The van der Waals surface area contributed by atoms with E-state index in [2.05, 4.69) is 11.6 Å². The van der Waals surface area contributed by atoms with Crippen LogP contribution in [-0.2, 0) is 10.2 Å². The van der Waals surface area contributed by atoms with Gasteiger partial charge in [0.05, 0.1) is 0 Å². The fourth-order valence-corrected chi connectivity index (χ4v) is 4.79. The van der Waals surface area contributed by atoms with E-state index in [-0.39, 0.29) is 5.54 Å². The SMILES string of the molecule is CCCNS(=O)(=O)N(CCC)C1(CN)CCC(C)CC1. The third-order valence-electron chi connectivity index (χ3n) is 4.37. The Labute approximate surface area is 124 Å². The van der Waals surface area contributed by atoms with Crippen molar-refractivity contribution >= 4 is 10.2 Å². The Morgan fingerprint density at radius 3 is 2.30 bits per heavy atom. The first-order valence-corrected chi connectivity index (χ1v) is 9.33. The molecule has 0 bridgehead atoms. The number of hydrogen-bond donors (Lipinski definition) is 2. The molecule has 5 nitrogen and oxygen atoms in total. The smallest absolute Gasteiger partial charge is 0.279 e. The van der Waals surface area contributed by atoms with E-state index in [1.54, 1.807) is 4.31 Å². The molecule has 6 heteroatoms. The van der Waals surface area contributed by atoms with Gasteiger partial charge in [-0.1, -0.05) is 20.8 Å². The average Bonchev–Trinajstić information content (AvgIpc) is 2.44. The normalized spacial score (nSPS) is 27.9. The Kier molecular flexibility index (Phi) is 6.91. The minimum atomic E-state index is -3.43. The molecule has 0 aromatic heterocycles. The summed E-state index contributed by atoms with van der Waals surface area (Å²) in [7, 11) is -3.43. The molecule has 1 fully saturated rings. The largest absolute Gasteiger partial charge is 0.329 e. The molecule has 0 amide bonds. The molecule has 0 aromatic carbocycles. The molecule has 0 spiro atoms. The maximum Gasteiger partial charge on any atom is 0.279 e. The van der Waals surface area contributed by atoms with Crippen molar-refractivity contribution < 1.29 is 8.42 Å². The van der Waals surface area contributed by atoms with E-state index < -0.39 is 10.2 Å². The van der Waals surface area contributed by atoms with E-state index in [1.807, 2.05) is 13.8 Å². The average molecular weight is 305 g/mol. The van der Waals surface area contributed by atoms with Crippen LogP contribution >= 0.6 is 0 Å². The first kappa shape index (κ1) is 17.9. The molecular formula is C14H31N3O2S. The number of rotatable bonds is 8. The minimum absolute atomic E-state index is 0.387. The zero-order chi connectivity index (χ0) is 15.2. The van der Waals surface area contributed by atoms with E-state index in [4.69, 9.17) is 5.73 Å². The van der Waals surface area contributed by atoms with Crippen molar-refractivity contribution in [3.8, 4) is 0 Å². The van der Waals surface area contributed by atoms with E-state index in [1.165, 1.54) is 0 Å². The topological polar surface area (TPSA) is 75.4 Å². The first-order valence-electron chi connectivity index (χ1n) is 7.89. The molecule has 3 N–H and O–H groups in total. The Bertz CT molecular complexity index is 376. The van der Waals surface area contributed by atoms with Crippen LogP contribution < -0.4 is 10.5 Å². The Morgan fingerprint density at radius 1 is 1.25 bits per heavy atom. The predicted octanol–water partition coefficient (Wildman–Crippen LogP) is 1.85. The third-order valence-corrected chi connectivity index (χ3v) is 6.08. The zero-order valence-electron chi connectivity index (χ0n) is 13.2. The summed E-state index contributed by atoms with van der Waals surface area (Å²) >= 11 is 0. The molecule has 0 aromatic rings. The van der Waals surface area contributed by atoms with Gasteiger partial charge < -0.3 is 5.73 Å². The molecule has 0 atom stereocenters. The van der Waals surface area contributed by atoms with Gasteiger partial charge >= 0.3 is 0 Å². The quantitative estimate of drug-likeness (QED) is 0.718. The second-order valence-electron chi connectivity index (χ2n) is 6.08. The standard InChI is InChI=1S/C14H31N3O2S/c1-4-10-16-20(18,19)17(11-5-2)14(12-15)8-6-13(3)7-9-14/h13,16H,4-12,15H2,1-3H3. The van der Waals surface area contributed by atoms with Crippen LogP contribution in [0.5, 0.6) is 0 Å². The van der Waals surface area contributed by atoms with Crippen LogP contribution in [-0.4, -0.2) is 37.9 Å². The molecule has 0 radical (unpaired) electrons. The van der Waals surface area contributed by atoms with Crippen LogP contribution in [0.4, 0.5) is 0 Å². The Balaban J connectivity index is 2.97. The summed E-state index contributed by atoms with van der Waals surface area (Å²) in [6.07, 6.45) is 5.47. The van der Waals surface area contributed by atoms with Gasteiger partial charge in [-0.25, -0.2) is 4.72 Å². The molecular weight excluding hydrogens is 274 g/mol. The lowest BCUT2D eigenvalue weighted by Gasteiger charge is -2.46. The summed E-state index contributed by atoms with van der Waals surface area (Å²) in [4.78, 5) is 0. The van der Waals surface area contributed by atoms with Crippen molar-refractivity contribution in [1.29, 1.82) is 0 Å². The fourth-order valence-electron chi connectivity index (χ4n) is 2.98. The first-order chi connectivity index (χ1) is 9.41. The maximum atomic E-state index is 12.6. The van der Waals surface area contributed by atoms with Gasteiger partial charge in [-0.2, -0.15) is 12.7 Å². The lowest BCUT2D eigenvalue weighted by Crippen LogP contribution is -2.60. The second kappa shape index (κ2) is 7.73. The highest BCUT2D eigenvalue weighted by atomic mass is 32.2. The molecule has 0 aliphatic heterocycles. The van der Waals surface area contributed by atoms with Crippen LogP contribution in [0, 0.1) is 5.92 Å². The predicted molar refractivity (Wildman–Crippen MR) is 83.6 cm³/mol. The summed E-state index contributed by atoms with van der Waals surface area (Å²) in [6, 6.07) is 0. The van der Waals surface area contributed by atoms with Crippen molar-refractivity contribution in [3.05, 3.63) is 0 Å². The van der Waals surface area contributed by atoms with Gasteiger partial charge in [0.1, 0.15) is 0 Å². The van der Waals surface area contributed by atoms with Crippen LogP contribution in [0.3, 0.4) is 0 Å². The molecule has 120 valence electrons. The van der Waals surface area contributed by atoms with Crippen LogP contribution in [0.25, 0.3) is 0 Å². The highest BCUT2D eigenvalue weighted by Gasteiger charge is 2.43. The van der Waals surface area contributed by atoms with Crippen molar-refractivity contribution in [2.24, 2.45) is 11.7 Å². The van der Waals surface area contributed by atoms with E-state index >= 15 is 0 Å². The molecule has 1 rings (SSSR count). The van der Waals surface area contributed by atoms with Gasteiger partial charge in [0.2, 0.25) is 0 Å². The van der Waals surface area contributed by atoms with Gasteiger partial charge in [0, 0.05) is 25.2 Å². The summed E-state index contributed by atoms with van der Waals surface area (Å²) in [6.45, 7) is 7.65. The number of nitrogens with two attached hydrogens (primary N) is 1. The van der Waals surface area contributed by atoms with Crippen LogP contribution in [0.15, 0.2) is 0 Å². The molecule has 0 saturated heterocycles. The molecule has 0 unspecified atom stereocenters.